The Morgan fingerprint density at radius 1 is 1.50 bits per heavy atom. The van der Waals surface area contributed by atoms with Crippen molar-refractivity contribution in [2.75, 3.05) is 11.9 Å². The van der Waals surface area contributed by atoms with E-state index in [4.69, 9.17) is 10.5 Å². The number of rotatable bonds is 6. The lowest BCUT2D eigenvalue weighted by Crippen LogP contribution is -1.98. The Balaban J connectivity index is 1.73. The van der Waals surface area contributed by atoms with Gasteiger partial charge in [-0.15, -0.1) is 11.3 Å². The number of carbonyl (C=O) groups excluding carboxylic acids is 1. The fourth-order valence-electron chi connectivity index (χ4n) is 2.58. The number of nitrogens with zero attached hydrogens (tertiary/aromatic N) is 2. The number of pyridine rings is 1. The highest BCUT2D eigenvalue weighted by Gasteiger charge is 2.27. The first-order valence-electron chi connectivity index (χ1n) is 8.16. The van der Waals surface area contributed by atoms with Crippen LogP contribution in [0.15, 0.2) is 60.6 Å². The molecule has 0 aromatic carbocycles. The minimum absolute atomic E-state index is 0.0473. The van der Waals surface area contributed by atoms with E-state index >= 15 is 0 Å². The van der Waals surface area contributed by atoms with Gasteiger partial charge in [-0.1, -0.05) is 12.6 Å². The number of cyclic esters (lactones) is 1. The molecular weight excluding hydrogens is 348 g/mol. The van der Waals surface area contributed by atoms with Gasteiger partial charge in [-0.3, -0.25) is 4.79 Å². The Morgan fingerprint density at radius 2 is 2.35 bits per heavy atom. The van der Waals surface area contributed by atoms with Crippen LogP contribution in [0.4, 0.5) is 5.82 Å². The summed E-state index contributed by atoms with van der Waals surface area (Å²) >= 11 is 1.54. The number of allylic oxidation sites excluding steroid dienone is 3. The first kappa shape index (κ1) is 17.9. The van der Waals surface area contributed by atoms with Gasteiger partial charge in [0.2, 0.25) is 0 Å². The van der Waals surface area contributed by atoms with Crippen molar-refractivity contribution < 1.29 is 9.53 Å². The van der Waals surface area contributed by atoms with Crippen molar-refractivity contribution >= 4 is 23.1 Å². The van der Waals surface area contributed by atoms with Crippen LogP contribution in [0.25, 0.3) is 10.6 Å². The van der Waals surface area contributed by atoms with E-state index in [1.54, 1.807) is 12.3 Å². The fourth-order valence-corrected chi connectivity index (χ4v) is 3.56. The van der Waals surface area contributed by atoms with E-state index in [2.05, 4.69) is 21.9 Å². The normalized spacial score (nSPS) is 17.5. The average Bonchev–Trinajstić information content (AvgIpc) is 3.24. The molecule has 3 heterocycles. The number of nitrogens with two attached hydrogens (primary N) is 1. The molecule has 0 saturated carbocycles. The largest absolute Gasteiger partial charge is 0.465 e. The van der Waals surface area contributed by atoms with Crippen molar-refractivity contribution in [1.29, 1.82) is 0 Å². The summed E-state index contributed by atoms with van der Waals surface area (Å²) in [6.07, 6.45) is 7.36. The highest BCUT2D eigenvalue weighted by atomic mass is 32.1. The average molecular weight is 368 g/mol. The predicted molar refractivity (Wildman–Crippen MR) is 104 cm³/mol. The van der Waals surface area contributed by atoms with Crippen molar-refractivity contribution in [3.8, 4) is 10.6 Å². The Bertz CT molecular complexity index is 885. The molecule has 1 aliphatic rings. The van der Waals surface area contributed by atoms with Gasteiger partial charge in [0.25, 0.3) is 0 Å². The zero-order valence-corrected chi connectivity index (χ0v) is 15.3. The Morgan fingerprint density at radius 3 is 3.08 bits per heavy atom. The topological polar surface area (TPSA) is 90.1 Å². The molecule has 6 nitrogen and oxygen atoms in total. The van der Waals surface area contributed by atoms with Crippen molar-refractivity contribution in [2.45, 2.75) is 19.3 Å². The van der Waals surface area contributed by atoms with Crippen LogP contribution in [0.5, 0.6) is 0 Å². The highest BCUT2D eigenvalue weighted by molar-refractivity contribution is 7.15. The van der Waals surface area contributed by atoms with Crippen LogP contribution in [0.2, 0.25) is 0 Å². The summed E-state index contributed by atoms with van der Waals surface area (Å²) in [5.41, 5.74) is 7.91. The van der Waals surface area contributed by atoms with E-state index in [9.17, 15) is 4.79 Å². The van der Waals surface area contributed by atoms with Gasteiger partial charge in [0.1, 0.15) is 17.4 Å². The number of hydrogen-bond donors (Lipinski definition) is 2. The van der Waals surface area contributed by atoms with Crippen LogP contribution in [-0.4, -0.2) is 22.5 Å². The Labute approximate surface area is 156 Å². The maximum Gasteiger partial charge on any atom is 0.306 e. The lowest BCUT2D eigenvalue weighted by atomic mass is 10.1. The van der Waals surface area contributed by atoms with Gasteiger partial charge < -0.3 is 15.8 Å². The molecule has 7 heteroatoms. The number of anilines is 1. The Hall–Kier alpha value is -2.93. The molecule has 134 valence electrons. The maximum atomic E-state index is 11.3. The van der Waals surface area contributed by atoms with Gasteiger partial charge >= 0.3 is 5.97 Å². The predicted octanol–water partition coefficient (Wildman–Crippen LogP) is 3.58. The fraction of sp³-hybridized carbons (Fsp3) is 0.211. The van der Waals surface area contributed by atoms with Crippen LogP contribution >= 0.6 is 11.3 Å². The van der Waals surface area contributed by atoms with Gasteiger partial charge in [-0.2, -0.15) is 0 Å². The zero-order chi connectivity index (χ0) is 18.5. The highest BCUT2D eigenvalue weighted by Crippen LogP contribution is 2.33. The minimum Gasteiger partial charge on any atom is -0.465 e. The quantitative estimate of drug-likeness (QED) is 0.598. The SMILES string of the molecule is C=C(/C=C(C)\C=C/N)Nc1cccc(-c2cnc(C3COC(=O)C3)s2)n1. The molecule has 26 heavy (non-hydrogen) atoms. The van der Waals surface area contributed by atoms with Crippen LogP contribution < -0.4 is 11.1 Å². The smallest absolute Gasteiger partial charge is 0.306 e. The second-order valence-corrected chi connectivity index (χ2v) is 7.01. The summed E-state index contributed by atoms with van der Waals surface area (Å²) in [6.45, 7) is 6.33. The van der Waals surface area contributed by atoms with E-state index in [0.717, 1.165) is 26.8 Å². The second kappa shape index (κ2) is 7.97. The van der Waals surface area contributed by atoms with Gasteiger partial charge in [0.05, 0.1) is 22.9 Å². The summed E-state index contributed by atoms with van der Waals surface area (Å²) in [5, 5.41) is 4.08. The number of thiazole rings is 1. The summed E-state index contributed by atoms with van der Waals surface area (Å²) in [5.74, 6) is 0.580. The van der Waals surface area contributed by atoms with Gasteiger partial charge in [0, 0.05) is 11.9 Å². The third-order valence-electron chi connectivity index (χ3n) is 3.78. The minimum atomic E-state index is -0.164. The van der Waals surface area contributed by atoms with Crippen molar-refractivity contribution in [2.24, 2.45) is 5.73 Å². The summed E-state index contributed by atoms with van der Waals surface area (Å²) in [4.78, 5) is 21.3. The van der Waals surface area contributed by atoms with Gasteiger partial charge in [-0.05, 0) is 43.0 Å². The molecule has 1 unspecified atom stereocenters. The molecule has 0 amide bonds. The molecule has 0 aliphatic carbocycles. The van der Waals surface area contributed by atoms with Gasteiger partial charge in [-0.25, -0.2) is 9.97 Å². The summed E-state index contributed by atoms with van der Waals surface area (Å²) in [7, 11) is 0. The molecule has 1 saturated heterocycles. The number of nitrogens with one attached hydrogen (secondary N) is 1. The third-order valence-corrected chi connectivity index (χ3v) is 4.96. The van der Waals surface area contributed by atoms with Crippen LogP contribution in [0.1, 0.15) is 24.3 Å². The van der Waals surface area contributed by atoms with Crippen LogP contribution in [-0.2, 0) is 9.53 Å². The Kier molecular flexibility index (Phi) is 5.48. The lowest BCUT2D eigenvalue weighted by molar-refractivity contribution is -0.137. The van der Waals surface area contributed by atoms with E-state index < -0.39 is 0 Å². The van der Waals surface area contributed by atoms with Crippen LogP contribution in [0, 0.1) is 0 Å². The van der Waals surface area contributed by atoms with E-state index in [1.165, 1.54) is 17.5 Å². The summed E-state index contributed by atoms with van der Waals surface area (Å²) in [6, 6.07) is 5.73. The molecule has 2 aromatic heterocycles. The lowest BCUT2D eigenvalue weighted by Gasteiger charge is -2.07. The molecule has 1 atom stereocenters. The molecule has 0 spiro atoms. The molecule has 1 aliphatic heterocycles. The third kappa shape index (κ3) is 4.37. The first-order valence-corrected chi connectivity index (χ1v) is 8.98. The maximum absolute atomic E-state index is 11.3. The van der Waals surface area contributed by atoms with E-state index in [1.807, 2.05) is 31.2 Å². The molecular formula is C19H20N4O2S. The molecule has 2 aromatic rings. The second-order valence-electron chi connectivity index (χ2n) is 5.95. The molecule has 1 fully saturated rings. The molecule has 3 N–H and O–H groups in total. The monoisotopic (exact) mass is 368 g/mol. The number of carbonyl (C=O) groups is 1. The van der Waals surface area contributed by atoms with E-state index in [-0.39, 0.29) is 11.9 Å². The number of hydrogen-bond acceptors (Lipinski definition) is 7. The van der Waals surface area contributed by atoms with Crippen molar-refractivity contribution in [3.05, 3.63) is 65.6 Å². The molecule has 3 rings (SSSR count). The van der Waals surface area contributed by atoms with Crippen molar-refractivity contribution in [1.82, 2.24) is 9.97 Å². The standard InChI is InChI=1S/C19H20N4O2S/c1-12(6-7-20)8-13(2)22-17-5-3-4-15(23-17)16-10-21-19(26-16)14-9-18(24)25-11-14/h3-8,10,14H,2,9,11,20H2,1H3,(H,22,23)/b7-6-,12-8-. The number of esters is 1. The van der Waals surface area contributed by atoms with E-state index in [0.29, 0.717) is 18.8 Å². The number of aromatic nitrogens is 2. The zero-order valence-electron chi connectivity index (χ0n) is 14.4. The molecule has 0 radical (unpaired) electrons. The van der Waals surface area contributed by atoms with Gasteiger partial charge in [0.15, 0.2) is 0 Å². The number of ether oxygens (including phenoxy) is 1. The van der Waals surface area contributed by atoms with Crippen LogP contribution in [0.3, 0.4) is 0 Å². The van der Waals surface area contributed by atoms with Crippen molar-refractivity contribution in [3.63, 3.8) is 0 Å². The molecule has 0 bridgehead atoms. The summed E-state index contributed by atoms with van der Waals surface area (Å²) < 4.78 is 5.02. The first-order chi connectivity index (χ1) is 12.5.